The van der Waals surface area contributed by atoms with Crippen LogP contribution in [0.4, 0.5) is 10.5 Å². The van der Waals surface area contributed by atoms with Crippen molar-refractivity contribution < 1.29 is 4.79 Å². The van der Waals surface area contributed by atoms with Gasteiger partial charge in [0, 0.05) is 32.2 Å². The highest BCUT2D eigenvalue weighted by molar-refractivity contribution is 5.89. The summed E-state index contributed by atoms with van der Waals surface area (Å²) in [7, 11) is 1.82. The lowest BCUT2D eigenvalue weighted by Gasteiger charge is -2.24. The highest BCUT2D eigenvalue weighted by atomic mass is 16.2. The minimum atomic E-state index is -0.0719. The Kier molecular flexibility index (Phi) is 3.37. The molecule has 0 saturated carbocycles. The molecule has 2 aromatic heterocycles. The predicted molar refractivity (Wildman–Crippen MR) is 75.1 cm³/mol. The molecule has 6 heteroatoms. The summed E-state index contributed by atoms with van der Waals surface area (Å²) in [6.07, 6.45) is 8.98. The number of hydrogen-bond donors (Lipinski definition) is 1. The Bertz CT molecular complexity index is 595. The highest BCUT2D eigenvalue weighted by Gasteiger charge is 2.30. The summed E-state index contributed by atoms with van der Waals surface area (Å²) in [6, 6.07) is 4.01. The van der Waals surface area contributed by atoms with Gasteiger partial charge in [0.2, 0.25) is 0 Å². The highest BCUT2D eigenvalue weighted by Crippen LogP contribution is 2.31. The van der Waals surface area contributed by atoms with E-state index in [1.54, 1.807) is 29.5 Å². The summed E-state index contributed by atoms with van der Waals surface area (Å²) in [5.74, 6) is 0. The molecule has 0 bridgehead atoms. The number of carbonyl (C=O) groups is 1. The van der Waals surface area contributed by atoms with Crippen molar-refractivity contribution in [1.29, 1.82) is 0 Å². The van der Waals surface area contributed by atoms with E-state index in [1.165, 1.54) is 0 Å². The van der Waals surface area contributed by atoms with Crippen LogP contribution in [0.2, 0.25) is 0 Å². The van der Waals surface area contributed by atoms with E-state index in [1.807, 2.05) is 24.1 Å². The SMILES string of the molecule is Cn1cc(NC(=O)N2CCCC2c2ccncc2)cn1. The van der Waals surface area contributed by atoms with E-state index in [0.717, 1.165) is 30.6 Å². The number of amides is 2. The van der Waals surface area contributed by atoms with Gasteiger partial charge in [-0.15, -0.1) is 0 Å². The lowest BCUT2D eigenvalue weighted by atomic mass is 10.1. The largest absolute Gasteiger partial charge is 0.322 e. The molecule has 1 unspecified atom stereocenters. The number of likely N-dealkylation sites (tertiary alicyclic amines) is 1. The van der Waals surface area contributed by atoms with Crippen molar-refractivity contribution in [3.63, 3.8) is 0 Å². The molecule has 6 nitrogen and oxygen atoms in total. The molecule has 2 amide bonds. The van der Waals surface area contributed by atoms with E-state index < -0.39 is 0 Å². The van der Waals surface area contributed by atoms with E-state index in [4.69, 9.17) is 0 Å². The second-order valence-corrected chi connectivity index (χ2v) is 4.96. The van der Waals surface area contributed by atoms with Crippen LogP contribution >= 0.6 is 0 Å². The number of hydrogen-bond acceptors (Lipinski definition) is 3. The fourth-order valence-corrected chi connectivity index (χ4v) is 2.62. The first-order valence-electron chi connectivity index (χ1n) is 6.70. The molecule has 0 radical (unpaired) electrons. The first kappa shape index (κ1) is 12.7. The van der Waals surface area contributed by atoms with Crippen LogP contribution in [0.25, 0.3) is 0 Å². The van der Waals surface area contributed by atoms with Gasteiger partial charge < -0.3 is 10.2 Å². The number of pyridine rings is 1. The molecule has 0 aliphatic carbocycles. The number of anilines is 1. The molecule has 1 aliphatic rings. The van der Waals surface area contributed by atoms with Gasteiger partial charge in [-0.2, -0.15) is 5.10 Å². The molecule has 1 aliphatic heterocycles. The average Bonchev–Trinajstić information content (AvgIpc) is 3.09. The molecule has 1 saturated heterocycles. The number of nitrogens with one attached hydrogen (secondary N) is 1. The first-order valence-corrected chi connectivity index (χ1v) is 6.70. The van der Waals surface area contributed by atoms with E-state index in [0.29, 0.717) is 0 Å². The standard InChI is InChI=1S/C14H17N5O/c1-18-10-12(9-16-18)17-14(20)19-8-2-3-13(19)11-4-6-15-7-5-11/h4-7,9-10,13H,2-3,8H2,1H3,(H,17,20). The second-order valence-electron chi connectivity index (χ2n) is 4.96. The van der Waals surface area contributed by atoms with Gasteiger partial charge in [0.25, 0.3) is 0 Å². The maximum absolute atomic E-state index is 12.4. The normalized spacial score (nSPS) is 18.2. The summed E-state index contributed by atoms with van der Waals surface area (Å²) in [4.78, 5) is 18.3. The van der Waals surface area contributed by atoms with E-state index in [2.05, 4.69) is 15.4 Å². The molecular weight excluding hydrogens is 254 g/mol. The van der Waals surface area contributed by atoms with E-state index in [9.17, 15) is 4.79 Å². The zero-order chi connectivity index (χ0) is 13.9. The van der Waals surface area contributed by atoms with Crippen molar-refractivity contribution in [1.82, 2.24) is 19.7 Å². The van der Waals surface area contributed by atoms with Crippen molar-refractivity contribution in [3.8, 4) is 0 Å². The molecule has 2 aromatic rings. The monoisotopic (exact) mass is 271 g/mol. The van der Waals surface area contributed by atoms with Gasteiger partial charge in [-0.3, -0.25) is 9.67 Å². The molecule has 0 aromatic carbocycles. The van der Waals surface area contributed by atoms with Gasteiger partial charge in [-0.25, -0.2) is 4.79 Å². The first-order chi connectivity index (χ1) is 9.74. The van der Waals surface area contributed by atoms with Gasteiger partial charge in [0.05, 0.1) is 17.9 Å². The summed E-state index contributed by atoms with van der Waals surface area (Å²) >= 11 is 0. The maximum Gasteiger partial charge on any atom is 0.322 e. The van der Waals surface area contributed by atoms with E-state index >= 15 is 0 Å². The molecule has 1 N–H and O–H groups in total. The third-order valence-corrected chi connectivity index (χ3v) is 3.56. The number of aryl methyl sites for hydroxylation is 1. The lowest BCUT2D eigenvalue weighted by molar-refractivity contribution is 0.207. The van der Waals surface area contributed by atoms with Crippen LogP contribution < -0.4 is 5.32 Å². The molecule has 1 atom stereocenters. The number of carbonyl (C=O) groups excluding carboxylic acids is 1. The summed E-state index contributed by atoms with van der Waals surface area (Å²) in [6.45, 7) is 0.777. The minimum absolute atomic E-state index is 0.0719. The van der Waals surface area contributed by atoms with Gasteiger partial charge in [-0.05, 0) is 30.5 Å². The maximum atomic E-state index is 12.4. The van der Waals surface area contributed by atoms with Crippen LogP contribution in [0, 0.1) is 0 Å². The third kappa shape index (κ3) is 2.49. The lowest BCUT2D eigenvalue weighted by Crippen LogP contribution is -2.34. The fourth-order valence-electron chi connectivity index (χ4n) is 2.62. The molecular formula is C14H17N5O. The average molecular weight is 271 g/mol. The van der Waals surface area contributed by atoms with Crippen molar-refractivity contribution in [2.45, 2.75) is 18.9 Å². The molecule has 1 fully saturated rings. The number of aromatic nitrogens is 3. The van der Waals surface area contributed by atoms with Crippen molar-refractivity contribution >= 4 is 11.7 Å². The Morgan fingerprint density at radius 3 is 2.90 bits per heavy atom. The number of nitrogens with zero attached hydrogens (tertiary/aromatic N) is 4. The molecule has 0 spiro atoms. The smallest absolute Gasteiger partial charge is 0.317 e. The fraction of sp³-hybridized carbons (Fsp3) is 0.357. The zero-order valence-corrected chi connectivity index (χ0v) is 11.4. The van der Waals surface area contributed by atoms with Crippen LogP contribution in [0.1, 0.15) is 24.4 Å². The Labute approximate surface area is 117 Å². The number of urea groups is 1. The van der Waals surface area contributed by atoms with Crippen molar-refractivity contribution in [3.05, 3.63) is 42.5 Å². The Morgan fingerprint density at radius 2 is 2.20 bits per heavy atom. The van der Waals surface area contributed by atoms with Gasteiger partial charge in [0.15, 0.2) is 0 Å². The quantitative estimate of drug-likeness (QED) is 0.910. The Morgan fingerprint density at radius 1 is 1.40 bits per heavy atom. The van der Waals surface area contributed by atoms with Crippen LogP contribution in [0.5, 0.6) is 0 Å². The van der Waals surface area contributed by atoms with Gasteiger partial charge in [-0.1, -0.05) is 0 Å². The van der Waals surface area contributed by atoms with Crippen LogP contribution in [-0.2, 0) is 7.05 Å². The zero-order valence-electron chi connectivity index (χ0n) is 11.4. The Hall–Kier alpha value is -2.37. The Balaban J connectivity index is 1.73. The topological polar surface area (TPSA) is 63.1 Å². The van der Waals surface area contributed by atoms with Gasteiger partial charge >= 0.3 is 6.03 Å². The molecule has 3 rings (SSSR count). The predicted octanol–water partition coefficient (Wildman–Crippen LogP) is 2.18. The van der Waals surface area contributed by atoms with Crippen LogP contribution in [0.15, 0.2) is 36.9 Å². The van der Waals surface area contributed by atoms with Crippen LogP contribution in [0.3, 0.4) is 0 Å². The third-order valence-electron chi connectivity index (χ3n) is 3.56. The summed E-state index contributed by atoms with van der Waals surface area (Å²) in [5.41, 5.74) is 1.86. The number of rotatable bonds is 2. The van der Waals surface area contributed by atoms with E-state index in [-0.39, 0.29) is 12.1 Å². The van der Waals surface area contributed by atoms with Gasteiger partial charge in [0.1, 0.15) is 0 Å². The molecule has 20 heavy (non-hydrogen) atoms. The minimum Gasteiger partial charge on any atom is -0.317 e. The molecule has 3 heterocycles. The van der Waals surface area contributed by atoms with Crippen LogP contribution in [-0.4, -0.2) is 32.2 Å². The molecule has 104 valence electrons. The summed E-state index contributed by atoms with van der Waals surface area (Å²) in [5, 5.41) is 6.94. The summed E-state index contributed by atoms with van der Waals surface area (Å²) < 4.78 is 1.67. The second kappa shape index (κ2) is 5.32. The van der Waals surface area contributed by atoms with Crippen molar-refractivity contribution in [2.24, 2.45) is 7.05 Å². The van der Waals surface area contributed by atoms with Crippen molar-refractivity contribution in [2.75, 3.05) is 11.9 Å².